The fourth-order valence-electron chi connectivity index (χ4n) is 1.02. The third-order valence-corrected chi connectivity index (χ3v) is 2.54. The van der Waals surface area contributed by atoms with Crippen molar-refractivity contribution in [2.45, 2.75) is 0 Å². The molecule has 12 heavy (non-hydrogen) atoms. The average Bonchev–Trinajstić information content (AvgIpc) is 2.48. The fraction of sp³-hybridized carbons (Fsp3) is 0. The SMILES string of the molecule is Fc1cc2ccoc2c(I)c1F. The molecule has 0 aliphatic carbocycles. The highest BCUT2D eigenvalue weighted by Gasteiger charge is 2.12. The first kappa shape index (κ1) is 7.97. The third kappa shape index (κ3) is 1.01. The summed E-state index contributed by atoms with van der Waals surface area (Å²) in [6.07, 6.45) is 1.41. The summed E-state index contributed by atoms with van der Waals surface area (Å²) >= 11 is 1.72. The van der Waals surface area contributed by atoms with Crippen molar-refractivity contribution in [3.05, 3.63) is 33.6 Å². The summed E-state index contributed by atoms with van der Waals surface area (Å²) < 4.78 is 30.8. The summed E-state index contributed by atoms with van der Waals surface area (Å²) in [5.41, 5.74) is 0.398. The number of benzene rings is 1. The van der Waals surface area contributed by atoms with Crippen LogP contribution in [0.1, 0.15) is 0 Å². The highest BCUT2D eigenvalue weighted by molar-refractivity contribution is 14.1. The highest BCUT2D eigenvalue weighted by atomic mass is 127. The lowest BCUT2D eigenvalue weighted by atomic mass is 10.2. The van der Waals surface area contributed by atoms with Crippen molar-refractivity contribution in [1.82, 2.24) is 0 Å². The molecule has 0 saturated heterocycles. The number of furan rings is 1. The van der Waals surface area contributed by atoms with Crippen molar-refractivity contribution in [2.24, 2.45) is 0 Å². The largest absolute Gasteiger partial charge is 0.463 e. The normalized spacial score (nSPS) is 10.9. The summed E-state index contributed by atoms with van der Waals surface area (Å²) in [4.78, 5) is 0. The molecule has 0 aliphatic rings. The number of halogens is 3. The average molecular weight is 280 g/mol. The minimum Gasteiger partial charge on any atom is -0.463 e. The predicted octanol–water partition coefficient (Wildman–Crippen LogP) is 3.32. The second kappa shape index (κ2) is 2.69. The standard InChI is InChI=1S/C8H3F2IO/c9-5-3-4-1-2-12-8(4)7(11)6(5)10/h1-3H. The van der Waals surface area contributed by atoms with Crippen molar-refractivity contribution in [1.29, 1.82) is 0 Å². The van der Waals surface area contributed by atoms with Gasteiger partial charge in [-0.25, -0.2) is 8.78 Å². The van der Waals surface area contributed by atoms with Gasteiger partial charge in [0.1, 0.15) is 5.58 Å². The molecule has 1 aromatic carbocycles. The van der Waals surface area contributed by atoms with Crippen molar-refractivity contribution < 1.29 is 13.2 Å². The van der Waals surface area contributed by atoms with Gasteiger partial charge in [-0.3, -0.25) is 0 Å². The molecule has 1 aromatic heterocycles. The van der Waals surface area contributed by atoms with Crippen molar-refractivity contribution >= 4 is 33.6 Å². The molecule has 1 heterocycles. The Balaban J connectivity index is 2.94. The van der Waals surface area contributed by atoms with Crippen LogP contribution in [0, 0.1) is 15.2 Å². The van der Waals surface area contributed by atoms with Crippen LogP contribution in [0.2, 0.25) is 0 Å². The summed E-state index contributed by atoms with van der Waals surface area (Å²) in [7, 11) is 0. The second-order valence-electron chi connectivity index (χ2n) is 2.33. The van der Waals surface area contributed by atoms with Gasteiger partial charge in [-0.05, 0) is 34.7 Å². The first-order valence-corrected chi connectivity index (χ1v) is 4.28. The van der Waals surface area contributed by atoms with Gasteiger partial charge in [-0.1, -0.05) is 0 Å². The fourth-order valence-corrected chi connectivity index (χ4v) is 1.71. The molecular weight excluding hydrogens is 277 g/mol. The highest BCUT2D eigenvalue weighted by Crippen LogP contribution is 2.26. The minimum atomic E-state index is -0.849. The molecule has 0 fully saturated rings. The van der Waals surface area contributed by atoms with Crippen LogP contribution in [0.5, 0.6) is 0 Å². The van der Waals surface area contributed by atoms with Gasteiger partial charge in [0.05, 0.1) is 9.83 Å². The minimum absolute atomic E-state index is 0.188. The summed E-state index contributed by atoms with van der Waals surface area (Å²) in [5.74, 6) is -1.69. The number of hydrogen-bond acceptors (Lipinski definition) is 1. The molecule has 0 N–H and O–H groups in total. The Bertz CT molecular complexity index is 436. The molecule has 0 radical (unpaired) electrons. The van der Waals surface area contributed by atoms with Crippen molar-refractivity contribution in [2.75, 3.05) is 0 Å². The van der Waals surface area contributed by atoms with Gasteiger partial charge in [0.15, 0.2) is 11.6 Å². The molecule has 2 aromatic rings. The van der Waals surface area contributed by atoms with Crippen LogP contribution >= 0.6 is 22.6 Å². The molecule has 2 rings (SSSR count). The zero-order chi connectivity index (χ0) is 8.72. The van der Waals surface area contributed by atoms with Gasteiger partial charge in [-0.2, -0.15) is 0 Å². The first-order valence-electron chi connectivity index (χ1n) is 3.21. The van der Waals surface area contributed by atoms with E-state index in [0.29, 0.717) is 11.0 Å². The topological polar surface area (TPSA) is 13.1 Å². The van der Waals surface area contributed by atoms with E-state index in [0.717, 1.165) is 6.07 Å². The van der Waals surface area contributed by atoms with Crippen LogP contribution in [-0.2, 0) is 0 Å². The smallest absolute Gasteiger partial charge is 0.175 e. The van der Waals surface area contributed by atoms with E-state index in [1.165, 1.54) is 6.26 Å². The van der Waals surface area contributed by atoms with Crippen LogP contribution in [0.25, 0.3) is 11.0 Å². The third-order valence-electron chi connectivity index (χ3n) is 1.58. The number of fused-ring (bicyclic) bond motifs is 1. The molecule has 0 atom stereocenters. The van der Waals surface area contributed by atoms with E-state index in [-0.39, 0.29) is 3.57 Å². The number of rotatable bonds is 0. The number of hydrogen-bond donors (Lipinski definition) is 0. The molecule has 0 saturated carbocycles. The molecule has 0 bridgehead atoms. The van der Waals surface area contributed by atoms with Crippen LogP contribution in [0.3, 0.4) is 0 Å². The first-order chi connectivity index (χ1) is 5.70. The molecule has 4 heteroatoms. The molecular formula is C8H3F2IO. The van der Waals surface area contributed by atoms with Crippen molar-refractivity contribution in [3.63, 3.8) is 0 Å². The van der Waals surface area contributed by atoms with Crippen LogP contribution in [-0.4, -0.2) is 0 Å². The van der Waals surface area contributed by atoms with E-state index in [4.69, 9.17) is 4.42 Å². The Morgan fingerprint density at radius 1 is 1.33 bits per heavy atom. The molecule has 0 amide bonds. The quantitative estimate of drug-likeness (QED) is 0.533. The van der Waals surface area contributed by atoms with Gasteiger partial charge in [0, 0.05) is 5.39 Å². The van der Waals surface area contributed by atoms with Gasteiger partial charge in [0.2, 0.25) is 0 Å². The van der Waals surface area contributed by atoms with Gasteiger partial charge in [-0.15, -0.1) is 0 Å². The predicted molar refractivity (Wildman–Crippen MR) is 48.8 cm³/mol. The second-order valence-corrected chi connectivity index (χ2v) is 3.40. The maximum absolute atomic E-state index is 12.9. The molecule has 0 aliphatic heterocycles. The molecule has 1 nitrogen and oxygen atoms in total. The monoisotopic (exact) mass is 280 g/mol. The summed E-state index contributed by atoms with van der Waals surface area (Å²) in [5, 5.41) is 0.582. The van der Waals surface area contributed by atoms with Crippen LogP contribution < -0.4 is 0 Å². The molecule has 62 valence electrons. The van der Waals surface area contributed by atoms with Gasteiger partial charge in [0.25, 0.3) is 0 Å². The molecule has 0 unspecified atom stereocenters. The van der Waals surface area contributed by atoms with Crippen LogP contribution in [0.15, 0.2) is 22.8 Å². The van der Waals surface area contributed by atoms with E-state index in [9.17, 15) is 8.78 Å². The molecule has 0 spiro atoms. The summed E-state index contributed by atoms with van der Waals surface area (Å²) in [6.45, 7) is 0. The Morgan fingerprint density at radius 3 is 2.83 bits per heavy atom. The van der Waals surface area contributed by atoms with Crippen LogP contribution in [0.4, 0.5) is 8.78 Å². The Morgan fingerprint density at radius 2 is 2.08 bits per heavy atom. The van der Waals surface area contributed by atoms with Gasteiger partial charge >= 0.3 is 0 Å². The Labute approximate surface area is 80.5 Å². The Hall–Kier alpha value is -0.650. The van der Waals surface area contributed by atoms with E-state index in [2.05, 4.69) is 0 Å². The van der Waals surface area contributed by atoms with E-state index >= 15 is 0 Å². The lowest BCUT2D eigenvalue weighted by Gasteiger charge is -1.96. The van der Waals surface area contributed by atoms with E-state index in [1.807, 2.05) is 0 Å². The maximum Gasteiger partial charge on any atom is 0.175 e. The lowest BCUT2D eigenvalue weighted by molar-refractivity contribution is 0.502. The van der Waals surface area contributed by atoms with Crippen molar-refractivity contribution in [3.8, 4) is 0 Å². The van der Waals surface area contributed by atoms with Gasteiger partial charge < -0.3 is 4.42 Å². The lowest BCUT2D eigenvalue weighted by Crippen LogP contribution is -1.87. The Kier molecular flexibility index (Phi) is 1.79. The maximum atomic E-state index is 12.9. The van der Waals surface area contributed by atoms with E-state index in [1.54, 1.807) is 28.7 Å². The zero-order valence-electron chi connectivity index (χ0n) is 5.77. The summed E-state index contributed by atoms with van der Waals surface area (Å²) in [6, 6.07) is 2.72. The zero-order valence-corrected chi connectivity index (χ0v) is 7.93. The van der Waals surface area contributed by atoms with E-state index < -0.39 is 11.6 Å².